The number of hydrogen-bond donors (Lipinski definition) is 3. The standard InChI is InChI=1S/C10H15N5OS/c1-2-12-9(16)3-4-13-8-6-14-7(5-15-8)10(11)17/h5-6H,2-4H2,1H3,(H2,11,17)(H,12,16)(H,13,15). The minimum atomic E-state index is 0.00714. The number of amides is 1. The van der Waals surface area contributed by atoms with Crippen LogP contribution >= 0.6 is 12.2 Å². The summed E-state index contributed by atoms with van der Waals surface area (Å²) in [5.74, 6) is 0.599. The third-order valence-corrected chi connectivity index (χ3v) is 2.15. The zero-order valence-electron chi connectivity index (χ0n) is 9.56. The summed E-state index contributed by atoms with van der Waals surface area (Å²) in [6, 6.07) is 0. The molecule has 4 N–H and O–H groups in total. The van der Waals surface area contributed by atoms with E-state index < -0.39 is 0 Å². The molecule has 0 aliphatic carbocycles. The lowest BCUT2D eigenvalue weighted by atomic mass is 10.4. The van der Waals surface area contributed by atoms with Gasteiger partial charge in [-0.15, -0.1) is 0 Å². The highest BCUT2D eigenvalue weighted by Crippen LogP contribution is 2.00. The molecule has 1 aromatic heterocycles. The van der Waals surface area contributed by atoms with E-state index in [4.69, 9.17) is 18.0 Å². The van der Waals surface area contributed by atoms with Gasteiger partial charge < -0.3 is 16.4 Å². The quantitative estimate of drug-likeness (QED) is 0.620. The summed E-state index contributed by atoms with van der Waals surface area (Å²) in [6.07, 6.45) is 3.43. The summed E-state index contributed by atoms with van der Waals surface area (Å²) in [6.45, 7) is 3.03. The SMILES string of the molecule is CCNC(=O)CCNc1cnc(C(N)=S)cn1. The molecule has 1 aromatic rings. The van der Waals surface area contributed by atoms with Crippen molar-refractivity contribution in [2.45, 2.75) is 13.3 Å². The summed E-state index contributed by atoms with van der Waals surface area (Å²) in [5.41, 5.74) is 5.87. The van der Waals surface area contributed by atoms with E-state index in [0.717, 1.165) is 0 Å². The zero-order valence-corrected chi connectivity index (χ0v) is 10.4. The van der Waals surface area contributed by atoms with Crippen molar-refractivity contribution in [3.63, 3.8) is 0 Å². The van der Waals surface area contributed by atoms with Gasteiger partial charge in [0.15, 0.2) is 0 Å². The van der Waals surface area contributed by atoms with Gasteiger partial charge in [0.2, 0.25) is 5.91 Å². The molecular formula is C10H15N5OS. The Labute approximate surface area is 105 Å². The number of nitrogens with zero attached hydrogens (tertiary/aromatic N) is 2. The molecule has 0 aromatic carbocycles. The van der Waals surface area contributed by atoms with E-state index in [1.165, 1.54) is 12.4 Å². The molecule has 92 valence electrons. The first kappa shape index (κ1) is 13.3. The van der Waals surface area contributed by atoms with Crippen molar-refractivity contribution in [1.82, 2.24) is 15.3 Å². The highest BCUT2D eigenvalue weighted by atomic mass is 32.1. The zero-order chi connectivity index (χ0) is 12.7. The fraction of sp³-hybridized carbons (Fsp3) is 0.400. The lowest BCUT2D eigenvalue weighted by Crippen LogP contribution is -2.24. The van der Waals surface area contributed by atoms with Crippen LogP contribution in [-0.2, 0) is 4.79 Å². The van der Waals surface area contributed by atoms with Crippen LogP contribution in [0.1, 0.15) is 19.0 Å². The van der Waals surface area contributed by atoms with Gasteiger partial charge in [-0.3, -0.25) is 4.79 Å². The van der Waals surface area contributed by atoms with Crippen molar-refractivity contribution in [3.8, 4) is 0 Å². The van der Waals surface area contributed by atoms with Crippen LogP contribution in [0.4, 0.5) is 5.82 Å². The molecular weight excluding hydrogens is 238 g/mol. The molecule has 0 aliphatic rings. The molecule has 17 heavy (non-hydrogen) atoms. The van der Waals surface area contributed by atoms with E-state index in [1.807, 2.05) is 6.92 Å². The Morgan fingerprint density at radius 2 is 2.24 bits per heavy atom. The summed E-state index contributed by atoms with van der Waals surface area (Å²) in [7, 11) is 0. The van der Waals surface area contributed by atoms with E-state index in [9.17, 15) is 4.79 Å². The fourth-order valence-corrected chi connectivity index (χ4v) is 1.24. The number of carbonyl (C=O) groups excluding carboxylic acids is 1. The number of hydrogen-bond acceptors (Lipinski definition) is 5. The number of carbonyl (C=O) groups is 1. The first-order valence-corrected chi connectivity index (χ1v) is 5.66. The van der Waals surface area contributed by atoms with E-state index in [1.54, 1.807) is 0 Å². The van der Waals surface area contributed by atoms with Crippen LogP contribution in [0.3, 0.4) is 0 Å². The minimum Gasteiger partial charge on any atom is -0.388 e. The summed E-state index contributed by atoms with van der Waals surface area (Å²) in [4.78, 5) is 19.5. The molecule has 0 fully saturated rings. The van der Waals surface area contributed by atoms with E-state index >= 15 is 0 Å². The maximum Gasteiger partial charge on any atom is 0.221 e. The maximum absolute atomic E-state index is 11.2. The van der Waals surface area contributed by atoms with Crippen LogP contribution < -0.4 is 16.4 Å². The molecule has 0 unspecified atom stereocenters. The third-order valence-electron chi connectivity index (χ3n) is 1.94. The van der Waals surface area contributed by atoms with Crippen molar-refractivity contribution in [1.29, 1.82) is 0 Å². The van der Waals surface area contributed by atoms with Crippen molar-refractivity contribution in [3.05, 3.63) is 18.1 Å². The van der Waals surface area contributed by atoms with Crippen LogP contribution in [-0.4, -0.2) is 34.0 Å². The van der Waals surface area contributed by atoms with Crippen LogP contribution in [0, 0.1) is 0 Å². The van der Waals surface area contributed by atoms with Gasteiger partial charge in [-0.1, -0.05) is 12.2 Å². The molecule has 0 radical (unpaired) electrons. The summed E-state index contributed by atoms with van der Waals surface area (Å²) in [5, 5.41) is 5.69. The average molecular weight is 253 g/mol. The van der Waals surface area contributed by atoms with Gasteiger partial charge in [-0.25, -0.2) is 9.97 Å². The van der Waals surface area contributed by atoms with Gasteiger partial charge in [0.05, 0.1) is 12.4 Å². The molecule has 0 bridgehead atoms. The van der Waals surface area contributed by atoms with Crippen molar-refractivity contribution >= 4 is 28.9 Å². The second-order valence-corrected chi connectivity index (χ2v) is 3.72. The number of aromatic nitrogens is 2. The van der Waals surface area contributed by atoms with Crippen LogP contribution in [0.5, 0.6) is 0 Å². The second-order valence-electron chi connectivity index (χ2n) is 3.28. The minimum absolute atomic E-state index is 0.00714. The Bertz CT molecular complexity index is 392. The molecule has 0 spiro atoms. The van der Waals surface area contributed by atoms with Crippen LogP contribution in [0.2, 0.25) is 0 Å². The topological polar surface area (TPSA) is 92.9 Å². The van der Waals surface area contributed by atoms with Gasteiger partial charge in [-0.2, -0.15) is 0 Å². The molecule has 0 atom stereocenters. The van der Waals surface area contributed by atoms with Gasteiger partial charge in [0.1, 0.15) is 16.5 Å². The smallest absolute Gasteiger partial charge is 0.221 e. The van der Waals surface area contributed by atoms with Crippen molar-refractivity contribution in [2.75, 3.05) is 18.4 Å². The molecule has 6 nitrogen and oxygen atoms in total. The Hall–Kier alpha value is -1.76. The molecule has 0 aliphatic heterocycles. The lowest BCUT2D eigenvalue weighted by molar-refractivity contribution is -0.120. The monoisotopic (exact) mass is 253 g/mol. The van der Waals surface area contributed by atoms with E-state index in [2.05, 4.69) is 20.6 Å². The first-order valence-electron chi connectivity index (χ1n) is 5.26. The number of nitrogens with two attached hydrogens (primary N) is 1. The number of rotatable bonds is 6. The fourth-order valence-electron chi connectivity index (χ4n) is 1.14. The summed E-state index contributed by atoms with van der Waals surface area (Å²) >= 11 is 4.76. The van der Waals surface area contributed by atoms with Crippen molar-refractivity contribution in [2.24, 2.45) is 5.73 Å². The van der Waals surface area contributed by atoms with Gasteiger partial charge in [0, 0.05) is 19.5 Å². The predicted octanol–water partition coefficient (Wildman–Crippen LogP) is 0.0489. The number of anilines is 1. The van der Waals surface area contributed by atoms with Crippen LogP contribution in [0.25, 0.3) is 0 Å². The highest BCUT2D eigenvalue weighted by Gasteiger charge is 2.01. The Morgan fingerprint density at radius 1 is 1.47 bits per heavy atom. The van der Waals surface area contributed by atoms with Gasteiger partial charge in [-0.05, 0) is 6.92 Å². The molecule has 0 saturated carbocycles. The largest absolute Gasteiger partial charge is 0.388 e. The third kappa shape index (κ3) is 4.73. The normalized spacial score (nSPS) is 9.71. The molecule has 1 amide bonds. The van der Waals surface area contributed by atoms with E-state index in [0.29, 0.717) is 31.0 Å². The average Bonchev–Trinajstić information content (AvgIpc) is 2.30. The Balaban J connectivity index is 2.37. The van der Waals surface area contributed by atoms with Gasteiger partial charge >= 0.3 is 0 Å². The molecule has 7 heteroatoms. The van der Waals surface area contributed by atoms with Gasteiger partial charge in [0.25, 0.3) is 0 Å². The number of thiocarbonyl (C=S) groups is 1. The lowest BCUT2D eigenvalue weighted by Gasteiger charge is -2.05. The Kier molecular flexibility index (Phi) is 5.28. The van der Waals surface area contributed by atoms with Crippen LogP contribution in [0.15, 0.2) is 12.4 Å². The Morgan fingerprint density at radius 3 is 2.76 bits per heavy atom. The van der Waals surface area contributed by atoms with E-state index in [-0.39, 0.29) is 10.9 Å². The summed E-state index contributed by atoms with van der Waals surface area (Å²) < 4.78 is 0. The molecule has 1 rings (SSSR count). The second kappa shape index (κ2) is 6.74. The highest BCUT2D eigenvalue weighted by molar-refractivity contribution is 7.80. The predicted molar refractivity (Wildman–Crippen MR) is 69.7 cm³/mol. The van der Waals surface area contributed by atoms with Crippen molar-refractivity contribution < 1.29 is 4.79 Å². The molecule has 0 saturated heterocycles. The number of nitrogens with one attached hydrogen (secondary N) is 2. The first-order chi connectivity index (χ1) is 8.13. The maximum atomic E-state index is 11.2. The molecule has 1 heterocycles.